The van der Waals surface area contributed by atoms with E-state index in [0.29, 0.717) is 6.54 Å². The highest BCUT2D eigenvalue weighted by atomic mass is 79.9. The number of anilines is 1. The highest BCUT2D eigenvalue weighted by molar-refractivity contribution is 9.10. The van der Waals surface area contributed by atoms with Crippen molar-refractivity contribution in [3.05, 3.63) is 62.5 Å². The van der Waals surface area contributed by atoms with Crippen LogP contribution in [0.4, 0.5) is 5.69 Å². The molecule has 2 nitrogen and oxygen atoms in total. The highest BCUT2D eigenvalue weighted by Gasteiger charge is 2.10. The topological polar surface area (TPSA) is 29.3 Å². The third-order valence-corrected chi connectivity index (χ3v) is 4.59. The molecule has 0 fully saturated rings. The summed E-state index contributed by atoms with van der Waals surface area (Å²) >= 11 is 7.15. The van der Waals surface area contributed by atoms with Gasteiger partial charge in [0.2, 0.25) is 0 Å². The molecule has 100 valence electrons. The van der Waals surface area contributed by atoms with E-state index in [1.807, 2.05) is 18.2 Å². The molecule has 0 aliphatic heterocycles. The molecule has 2 rings (SSSR count). The van der Waals surface area contributed by atoms with Crippen molar-refractivity contribution in [1.82, 2.24) is 0 Å². The van der Waals surface area contributed by atoms with Crippen LogP contribution in [0.3, 0.4) is 0 Å². The molecule has 0 aromatic heterocycles. The van der Waals surface area contributed by atoms with Gasteiger partial charge in [-0.15, -0.1) is 0 Å². The summed E-state index contributed by atoms with van der Waals surface area (Å²) < 4.78 is 2.19. The number of hydrogen-bond donors (Lipinski definition) is 1. The van der Waals surface area contributed by atoms with Gasteiger partial charge in [0.15, 0.2) is 0 Å². The average molecular weight is 384 g/mol. The van der Waals surface area contributed by atoms with E-state index in [9.17, 15) is 0 Å². The van der Waals surface area contributed by atoms with Crippen LogP contribution in [0, 0.1) is 0 Å². The van der Waals surface area contributed by atoms with Gasteiger partial charge in [0.25, 0.3) is 0 Å². The Labute approximate surface area is 130 Å². The average Bonchev–Trinajstić information content (AvgIpc) is 2.41. The minimum Gasteiger partial charge on any atom is -0.370 e. The quantitative estimate of drug-likeness (QED) is 0.852. The second kappa shape index (κ2) is 6.55. The van der Waals surface area contributed by atoms with E-state index in [4.69, 9.17) is 5.73 Å². The van der Waals surface area contributed by atoms with Crippen LogP contribution < -0.4 is 10.6 Å². The summed E-state index contributed by atoms with van der Waals surface area (Å²) in [6.45, 7) is 1.36. The van der Waals surface area contributed by atoms with E-state index in [1.54, 1.807) is 0 Å². The lowest BCUT2D eigenvalue weighted by Crippen LogP contribution is -2.19. The van der Waals surface area contributed by atoms with E-state index >= 15 is 0 Å². The van der Waals surface area contributed by atoms with Crippen LogP contribution in [0.2, 0.25) is 0 Å². The van der Waals surface area contributed by atoms with Crippen LogP contribution >= 0.6 is 31.9 Å². The van der Waals surface area contributed by atoms with E-state index < -0.39 is 0 Å². The third kappa shape index (κ3) is 3.38. The van der Waals surface area contributed by atoms with Gasteiger partial charge in [0, 0.05) is 40.3 Å². The van der Waals surface area contributed by atoms with Gasteiger partial charge in [-0.25, -0.2) is 0 Å². The minimum atomic E-state index is 0.525. The van der Waals surface area contributed by atoms with Gasteiger partial charge in [-0.1, -0.05) is 56.1 Å². The van der Waals surface area contributed by atoms with Crippen LogP contribution in [0.1, 0.15) is 11.1 Å². The Bertz CT molecular complexity index is 570. The molecule has 2 aromatic rings. The first kappa shape index (κ1) is 14.6. The van der Waals surface area contributed by atoms with Crippen molar-refractivity contribution in [1.29, 1.82) is 0 Å². The Morgan fingerprint density at radius 3 is 2.37 bits per heavy atom. The molecule has 0 heterocycles. The number of rotatable bonds is 4. The molecule has 0 saturated heterocycles. The molecule has 2 aromatic carbocycles. The zero-order chi connectivity index (χ0) is 13.8. The monoisotopic (exact) mass is 382 g/mol. The van der Waals surface area contributed by atoms with Gasteiger partial charge >= 0.3 is 0 Å². The zero-order valence-corrected chi connectivity index (χ0v) is 13.9. The summed E-state index contributed by atoms with van der Waals surface area (Å²) in [6, 6.07) is 14.4. The fourth-order valence-corrected chi connectivity index (χ4v) is 3.00. The number of halogens is 2. The Morgan fingerprint density at radius 2 is 1.68 bits per heavy atom. The van der Waals surface area contributed by atoms with Crippen LogP contribution in [-0.4, -0.2) is 7.05 Å². The fraction of sp³-hybridized carbons (Fsp3) is 0.200. The van der Waals surface area contributed by atoms with Gasteiger partial charge in [0.1, 0.15) is 0 Å². The summed E-state index contributed by atoms with van der Waals surface area (Å²) in [7, 11) is 2.08. The summed E-state index contributed by atoms with van der Waals surface area (Å²) in [6.07, 6.45) is 0. The Hall–Kier alpha value is -0.840. The first-order valence-electron chi connectivity index (χ1n) is 6.05. The number of hydrogen-bond acceptors (Lipinski definition) is 2. The Kier molecular flexibility index (Phi) is 5.02. The van der Waals surface area contributed by atoms with Crippen molar-refractivity contribution in [2.45, 2.75) is 13.1 Å². The molecule has 0 unspecified atom stereocenters. The molecule has 0 atom stereocenters. The Morgan fingerprint density at radius 1 is 1.00 bits per heavy atom. The lowest BCUT2D eigenvalue weighted by atomic mass is 10.1. The predicted molar refractivity (Wildman–Crippen MR) is 88.3 cm³/mol. The first-order valence-corrected chi connectivity index (χ1v) is 7.64. The summed E-state index contributed by atoms with van der Waals surface area (Å²) in [5.41, 5.74) is 9.40. The van der Waals surface area contributed by atoms with Gasteiger partial charge in [-0.2, -0.15) is 0 Å². The lowest BCUT2D eigenvalue weighted by molar-refractivity contribution is 0.898. The fourth-order valence-electron chi connectivity index (χ4n) is 2.07. The smallest absolute Gasteiger partial charge is 0.0437 e. The molecule has 0 amide bonds. The number of nitrogens with two attached hydrogens (primary N) is 1. The van der Waals surface area contributed by atoms with Crippen molar-refractivity contribution in [2.24, 2.45) is 5.73 Å². The molecular weight excluding hydrogens is 368 g/mol. The second-order valence-electron chi connectivity index (χ2n) is 4.39. The zero-order valence-electron chi connectivity index (χ0n) is 10.7. The Balaban J connectivity index is 2.28. The van der Waals surface area contributed by atoms with Gasteiger partial charge < -0.3 is 10.6 Å². The molecule has 0 aliphatic rings. The summed E-state index contributed by atoms with van der Waals surface area (Å²) in [5, 5.41) is 0. The molecule has 0 saturated carbocycles. The minimum absolute atomic E-state index is 0.525. The van der Waals surface area contributed by atoms with Gasteiger partial charge in [-0.05, 0) is 23.8 Å². The van der Waals surface area contributed by atoms with Crippen molar-refractivity contribution in [2.75, 3.05) is 11.9 Å². The van der Waals surface area contributed by atoms with Crippen LogP contribution in [0.25, 0.3) is 0 Å². The van der Waals surface area contributed by atoms with E-state index in [1.165, 1.54) is 5.56 Å². The predicted octanol–water partition coefficient (Wildman–Crippen LogP) is 4.31. The number of benzene rings is 2. The molecule has 0 bridgehead atoms. The first-order chi connectivity index (χ1) is 9.13. The largest absolute Gasteiger partial charge is 0.370 e. The van der Waals surface area contributed by atoms with Crippen LogP contribution in [0.15, 0.2) is 51.4 Å². The SMILES string of the molecule is CN(Cc1ccccc1Br)c1cccc(Br)c1CN. The standard InChI is InChI=1S/C15H16Br2N2/c1-19(10-11-5-2-3-6-13(11)16)15-8-4-7-14(17)12(15)9-18/h2-8H,9-10,18H2,1H3. The van der Waals surface area contributed by atoms with E-state index in [-0.39, 0.29) is 0 Å². The maximum atomic E-state index is 5.85. The van der Waals surface area contributed by atoms with E-state index in [0.717, 1.165) is 26.7 Å². The van der Waals surface area contributed by atoms with Crippen molar-refractivity contribution < 1.29 is 0 Å². The van der Waals surface area contributed by atoms with Crippen LogP contribution in [0.5, 0.6) is 0 Å². The molecule has 2 N–H and O–H groups in total. The molecule has 0 spiro atoms. The molecule has 19 heavy (non-hydrogen) atoms. The maximum absolute atomic E-state index is 5.85. The molecular formula is C15H16Br2N2. The van der Waals surface area contributed by atoms with Crippen molar-refractivity contribution >= 4 is 37.5 Å². The van der Waals surface area contributed by atoms with Crippen molar-refractivity contribution in [3.8, 4) is 0 Å². The molecule has 4 heteroatoms. The van der Waals surface area contributed by atoms with Crippen molar-refractivity contribution in [3.63, 3.8) is 0 Å². The summed E-state index contributed by atoms with van der Waals surface area (Å²) in [5.74, 6) is 0. The lowest BCUT2D eigenvalue weighted by Gasteiger charge is -2.23. The van der Waals surface area contributed by atoms with Gasteiger partial charge in [0.05, 0.1) is 0 Å². The van der Waals surface area contributed by atoms with Gasteiger partial charge in [-0.3, -0.25) is 0 Å². The molecule has 0 radical (unpaired) electrons. The second-order valence-corrected chi connectivity index (χ2v) is 6.10. The molecule has 0 aliphatic carbocycles. The maximum Gasteiger partial charge on any atom is 0.0437 e. The number of nitrogens with zero attached hydrogens (tertiary/aromatic N) is 1. The highest BCUT2D eigenvalue weighted by Crippen LogP contribution is 2.28. The van der Waals surface area contributed by atoms with E-state index in [2.05, 4.69) is 68.1 Å². The normalized spacial score (nSPS) is 10.5. The third-order valence-electron chi connectivity index (χ3n) is 3.07. The van der Waals surface area contributed by atoms with Crippen LogP contribution in [-0.2, 0) is 13.1 Å². The summed E-state index contributed by atoms with van der Waals surface area (Å²) in [4.78, 5) is 2.22.